The predicted molar refractivity (Wildman–Crippen MR) is 88.6 cm³/mol. The molecule has 0 radical (unpaired) electrons. The number of aryl methyl sites for hydroxylation is 1. The van der Waals surface area contributed by atoms with Gasteiger partial charge in [0.1, 0.15) is 0 Å². The molecule has 1 aromatic heterocycles. The molecule has 0 saturated carbocycles. The first-order valence-corrected chi connectivity index (χ1v) is 7.37. The van der Waals surface area contributed by atoms with Crippen LogP contribution >= 0.6 is 11.6 Å². The Hall–Kier alpha value is -2.57. The Balaban J connectivity index is 2.42. The van der Waals surface area contributed by atoms with Crippen molar-refractivity contribution in [2.24, 2.45) is 0 Å². The predicted octanol–water partition coefficient (Wildman–Crippen LogP) is 4.08. The lowest BCUT2D eigenvalue weighted by atomic mass is 10.1. The maximum Gasteiger partial charge on any atom is 0.264 e. The highest BCUT2D eigenvalue weighted by atomic mass is 35.5. The van der Waals surface area contributed by atoms with E-state index in [-0.39, 0.29) is 5.56 Å². The zero-order valence-electron chi connectivity index (χ0n) is 12.0. The summed E-state index contributed by atoms with van der Waals surface area (Å²) in [6, 6.07) is 16.5. The molecule has 0 spiro atoms. The molecular weight excluding hydrogens is 296 g/mol. The molecule has 0 aliphatic rings. The van der Waals surface area contributed by atoms with E-state index in [2.05, 4.69) is 6.07 Å². The van der Waals surface area contributed by atoms with Crippen LogP contribution in [0.5, 0.6) is 0 Å². The van der Waals surface area contributed by atoms with Crippen molar-refractivity contribution in [3.05, 3.63) is 75.2 Å². The summed E-state index contributed by atoms with van der Waals surface area (Å²) in [6.07, 6.45) is 0.703. The quantitative estimate of drug-likeness (QED) is 0.716. The number of aromatic nitrogens is 1. The first kappa shape index (κ1) is 14.4. The fourth-order valence-electron chi connectivity index (χ4n) is 2.63. The van der Waals surface area contributed by atoms with Gasteiger partial charge >= 0.3 is 0 Å². The molecule has 0 saturated heterocycles. The van der Waals surface area contributed by atoms with Crippen LogP contribution in [0.25, 0.3) is 16.5 Å². The SMILES string of the molecule is CCc1cc2cccc(Cl)c2c(=O)n1-c1cccc(C#N)c1. The van der Waals surface area contributed by atoms with Crippen molar-refractivity contribution < 1.29 is 0 Å². The van der Waals surface area contributed by atoms with Crippen molar-refractivity contribution in [3.63, 3.8) is 0 Å². The third kappa shape index (κ3) is 2.28. The van der Waals surface area contributed by atoms with Crippen molar-refractivity contribution in [2.45, 2.75) is 13.3 Å². The van der Waals surface area contributed by atoms with Gasteiger partial charge in [0.25, 0.3) is 5.56 Å². The zero-order chi connectivity index (χ0) is 15.7. The smallest absolute Gasteiger partial charge is 0.264 e. The van der Waals surface area contributed by atoms with Crippen LogP contribution in [-0.4, -0.2) is 4.57 Å². The van der Waals surface area contributed by atoms with Gasteiger partial charge in [0.2, 0.25) is 0 Å². The van der Waals surface area contributed by atoms with Gasteiger partial charge in [-0.05, 0) is 42.1 Å². The van der Waals surface area contributed by atoms with Crippen LogP contribution in [0.15, 0.2) is 53.3 Å². The van der Waals surface area contributed by atoms with Gasteiger partial charge < -0.3 is 0 Å². The maximum atomic E-state index is 12.9. The van der Waals surface area contributed by atoms with Crippen molar-refractivity contribution in [1.29, 1.82) is 5.26 Å². The topological polar surface area (TPSA) is 45.8 Å². The summed E-state index contributed by atoms with van der Waals surface area (Å²) in [7, 11) is 0. The van der Waals surface area contributed by atoms with E-state index in [0.29, 0.717) is 28.1 Å². The van der Waals surface area contributed by atoms with Crippen molar-refractivity contribution >= 4 is 22.4 Å². The maximum absolute atomic E-state index is 12.9. The Morgan fingerprint density at radius 2 is 1.95 bits per heavy atom. The molecule has 3 nitrogen and oxygen atoms in total. The van der Waals surface area contributed by atoms with Crippen molar-refractivity contribution in [2.75, 3.05) is 0 Å². The average Bonchev–Trinajstić information content (AvgIpc) is 2.54. The summed E-state index contributed by atoms with van der Waals surface area (Å²) in [5, 5.41) is 10.8. The van der Waals surface area contributed by atoms with Crippen LogP contribution in [0.3, 0.4) is 0 Å². The van der Waals surface area contributed by atoms with Gasteiger partial charge in [-0.15, -0.1) is 0 Å². The minimum absolute atomic E-state index is 0.157. The van der Waals surface area contributed by atoms with Crippen LogP contribution < -0.4 is 5.56 Å². The summed E-state index contributed by atoms with van der Waals surface area (Å²) >= 11 is 6.21. The minimum atomic E-state index is -0.157. The molecule has 0 unspecified atom stereocenters. The first-order valence-electron chi connectivity index (χ1n) is 6.99. The van der Waals surface area contributed by atoms with E-state index < -0.39 is 0 Å². The van der Waals surface area contributed by atoms with Crippen molar-refractivity contribution in [3.8, 4) is 11.8 Å². The fourth-order valence-corrected chi connectivity index (χ4v) is 2.89. The van der Waals surface area contributed by atoms with Crippen LogP contribution in [0, 0.1) is 11.3 Å². The Kier molecular flexibility index (Phi) is 3.70. The largest absolute Gasteiger partial charge is 0.281 e. The number of nitrogens with zero attached hydrogens (tertiary/aromatic N) is 2. The molecule has 0 fully saturated rings. The van der Waals surface area contributed by atoms with Gasteiger partial charge in [0, 0.05) is 5.69 Å². The van der Waals surface area contributed by atoms with Crippen molar-refractivity contribution in [1.82, 2.24) is 4.57 Å². The lowest BCUT2D eigenvalue weighted by Gasteiger charge is -2.14. The molecule has 2 aromatic carbocycles. The molecule has 3 aromatic rings. The van der Waals surface area contributed by atoms with Crippen LogP contribution in [0.2, 0.25) is 5.02 Å². The molecule has 4 heteroatoms. The van der Waals surface area contributed by atoms with Gasteiger partial charge in [-0.1, -0.05) is 36.7 Å². The normalized spacial score (nSPS) is 10.6. The van der Waals surface area contributed by atoms with E-state index >= 15 is 0 Å². The standard InChI is InChI=1S/C18H13ClN2O/c1-2-14-10-13-6-4-8-16(19)17(13)18(22)21(14)15-7-3-5-12(9-15)11-20/h3-10H,2H2,1H3. The van der Waals surface area contributed by atoms with Gasteiger partial charge in [-0.3, -0.25) is 9.36 Å². The Bertz CT molecular complexity index is 967. The molecule has 3 rings (SSSR count). The van der Waals surface area contributed by atoms with E-state index in [1.807, 2.05) is 31.2 Å². The highest BCUT2D eigenvalue weighted by Crippen LogP contribution is 2.23. The number of hydrogen-bond acceptors (Lipinski definition) is 2. The third-order valence-corrected chi connectivity index (χ3v) is 3.98. The summed E-state index contributed by atoms with van der Waals surface area (Å²) in [5.74, 6) is 0. The highest BCUT2D eigenvalue weighted by molar-refractivity contribution is 6.35. The molecule has 22 heavy (non-hydrogen) atoms. The average molecular weight is 309 g/mol. The number of fused-ring (bicyclic) bond motifs is 1. The second-order valence-electron chi connectivity index (χ2n) is 5.00. The zero-order valence-corrected chi connectivity index (χ0v) is 12.8. The second-order valence-corrected chi connectivity index (χ2v) is 5.40. The number of rotatable bonds is 2. The molecule has 0 amide bonds. The van der Waals surface area contributed by atoms with Crippen LogP contribution in [0.1, 0.15) is 18.2 Å². The molecule has 0 N–H and O–H groups in total. The Labute approximate surface area is 133 Å². The van der Waals surface area contributed by atoms with Gasteiger partial charge in [-0.2, -0.15) is 5.26 Å². The molecule has 0 aliphatic carbocycles. The lowest BCUT2D eigenvalue weighted by molar-refractivity contribution is 0.888. The summed E-state index contributed by atoms with van der Waals surface area (Å²) in [5.41, 5.74) is 1.93. The molecule has 1 heterocycles. The van der Waals surface area contributed by atoms with Gasteiger partial charge in [0.05, 0.1) is 27.7 Å². The van der Waals surface area contributed by atoms with Gasteiger partial charge in [-0.25, -0.2) is 0 Å². The minimum Gasteiger partial charge on any atom is -0.281 e. The second kappa shape index (κ2) is 5.67. The first-order chi connectivity index (χ1) is 10.7. The summed E-state index contributed by atoms with van der Waals surface area (Å²) in [6.45, 7) is 2.00. The lowest BCUT2D eigenvalue weighted by Crippen LogP contribution is -2.22. The fraction of sp³-hybridized carbons (Fsp3) is 0.111. The van der Waals surface area contributed by atoms with E-state index in [1.54, 1.807) is 28.8 Å². The number of benzene rings is 2. The molecule has 0 bridgehead atoms. The third-order valence-electron chi connectivity index (χ3n) is 3.67. The molecule has 0 aliphatic heterocycles. The van der Waals surface area contributed by atoms with E-state index in [1.165, 1.54) is 0 Å². The van der Waals surface area contributed by atoms with Crippen LogP contribution in [0.4, 0.5) is 0 Å². The number of pyridine rings is 1. The Morgan fingerprint density at radius 3 is 2.68 bits per heavy atom. The Morgan fingerprint density at radius 1 is 1.18 bits per heavy atom. The number of nitriles is 1. The molecular formula is C18H13ClN2O. The van der Waals surface area contributed by atoms with Crippen LogP contribution in [-0.2, 0) is 6.42 Å². The van der Waals surface area contributed by atoms with E-state index in [0.717, 1.165) is 11.1 Å². The summed E-state index contributed by atoms with van der Waals surface area (Å²) < 4.78 is 1.63. The number of hydrogen-bond donors (Lipinski definition) is 0. The van der Waals surface area contributed by atoms with Gasteiger partial charge in [0.15, 0.2) is 0 Å². The molecule has 108 valence electrons. The van der Waals surface area contributed by atoms with E-state index in [4.69, 9.17) is 16.9 Å². The summed E-state index contributed by atoms with van der Waals surface area (Å²) in [4.78, 5) is 12.9. The highest BCUT2D eigenvalue weighted by Gasteiger charge is 2.12. The van der Waals surface area contributed by atoms with E-state index in [9.17, 15) is 4.79 Å². The number of halogens is 1. The monoisotopic (exact) mass is 308 g/mol. The molecule has 0 atom stereocenters.